The van der Waals surface area contributed by atoms with E-state index in [2.05, 4.69) is 5.32 Å². The topological polar surface area (TPSA) is 12.0 Å². The summed E-state index contributed by atoms with van der Waals surface area (Å²) in [5, 5.41) is 5.00. The molecule has 2 atom stereocenters. The van der Waals surface area contributed by atoms with Crippen LogP contribution in [0.2, 0.25) is 10.0 Å². The Labute approximate surface area is 119 Å². The SMILES string of the molecule is CNCC1(Cc2c(Cl)cccc2Cl)CC2CC2C1. The standard InChI is InChI=1S/C15H19Cl2N/c1-18-9-15(6-10-5-11(10)7-15)8-12-13(16)3-2-4-14(12)17/h2-4,10-11,18H,5-9H2,1H3. The Hall–Kier alpha value is -0.240. The molecule has 0 spiro atoms. The molecule has 2 aliphatic rings. The van der Waals surface area contributed by atoms with Crippen LogP contribution in [0.15, 0.2) is 18.2 Å². The molecule has 0 aliphatic heterocycles. The monoisotopic (exact) mass is 283 g/mol. The minimum absolute atomic E-state index is 0.372. The van der Waals surface area contributed by atoms with Gasteiger partial charge in [0, 0.05) is 16.6 Å². The molecule has 3 rings (SSSR count). The number of rotatable bonds is 4. The van der Waals surface area contributed by atoms with E-state index in [1.165, 1.54) is 19.3 Å². The van der Waals surface area contributed by atoms with Gasteiger partial charge < -0.3 is 5.32 Å². The van der Waals surface area contributed by atoms with Crippen LogP contribution >= 0.6 is 23.2 Å². The van der Waals surface area contributed by atoms with E-state index in [0.29, 0.717) is 5.41 Å². The second-order valence-corrected chi connectivity index (χ2v) is 6.89. The van der Waals surface area contributed by atoms with Gasteiger partial charge in [-0.2, -0.15) is 0 Å². The minimum atomic E-state index is 0.372. The maximum atomic E-state index is 6.31. The number of halogens is 2. The number of fused-ring (bicyclic) bond motifs is 1. The molecule has 0 radical (unpaired) electrons. The Morgan fingerprint density at radius 3 is 2.39 bits per heavy atom. The molecule has 2 saturated carbocycles. The number of benzene rings is 1. The van der Waals surface area contributed by atoms with Crippen LogP contribution in [0, 0.1) is 17.3 Å². The summed E-state index contributed by atoms with van der Waals surface area (Å²) in [6, 6.07) is 5.82. The summed E-state index contributed by atoms with van der Waals surface area (Å²) in [4.78, 5) is 0. The van der Waals surface area contributed by atoms with Crippen LogP contribution in [0.3, 0.4) is 0 Å². The van der Waals surface area contributed by atoms with Crippen LogP contribution in [0.4, 0.5) is 0 Å². The first-order chi connectivity index (χ1) is 8.63. The van der Waals surface area contributed by atoms with Gasteiger partial charge in [0.1, 0.15) is 0 Å². The summed E-state index contributed by atoms with van der Waals surface area (Å²) in [6.07, 6.45) is 5.13. The van der Waals surface area contributed by atoms with E-state index < -0.39 is 0 Å². The minimum Gasteiger partial charge on any atom is -0.319 e. The Balaban J connectivity index is 1.84. The molecule has 0 aromatic heterocycles. The molecule has 1 N–H and O–H groups in total. The van der Waals surface area contributed by atoms with Crippen molar-refractivity contribution in [3.8, 4) is 0 Å². The van der Waals surface area contributed by atoms with Gasteiger partial charge in [-0.1, -0.05) is 29.3 Å². The zero-order valence-corrected chi connectivity index (χ0v) is 12.2. The Morgan fingerprint density at radius 2 is 1.83 bits per heavy atom. The van der Waals surface area contributed by atoms with Crippen LogP contribution in [0.25, 0.3) is 0 Å². The van der Waals surface area contributed by atoms with Crippen molar-refractivity contribution in [3.05, 3.63) is 33.8 Å². The van der Waals surface area contributed by atoms with E-state index in [1.807, 2.05) is 25.2 Å². The molecule has 0 amide bonds. The van der Waals surface area contributed by atoms with Crippen molar-refractivity contribution >= 4 is 23.2 Å². The highest BCUT2D eigenvalue weighted by atomic mass is 35.5. The van der Waals surface area contributed by atoms with E-state index in [4.69, 9.17) is 23.2 Å². The van der Waals surface area contributed by atoms with Gasteiger partial charge in [0.2, 0.25) is 0 Å². The van der Waals surface area contributed by atoms with Crippen molar-refractivity contribution in [3.63, 3.8) is 0 Å². The lowest BCUT2D eigenvalue weighted by atomic mass is 9.77. The fourth-order valence-corrected chi connectivity index (χ4v) is 4.34. The third-order valence-corrected chi connectivity index (χ3v) is 5.33. The van der Waals surface area contributed by atoms with Crippen LogP contribution in [-0.4, -0.2) is 13.6 Å². The highest BCUT2D eigenvalue weighted by Gasteiger charge is 2.53. The highest BCUT2D eigenvalue weighted by Crippen LogP contribution is 2.61. The summed E-state index contributed by atoms with van der Waals surface area (Å²) in [5.74, 6) is 1.94. The Kier molecular flexibility index (Phi) is 3.34. The fourth-order valence-electron chi connectivity index (χ4n) is 3.81. The zero-order chi connectivity index (χ0) is 12.8. The maximum absolute atomic E-state index is 6.31. The van der Waals surface area contributed by atoms with E-state index >= 15 is 0 Å². The first kappa shape index (κ1) is 12.8. The van der Waals surface area contributed by atoms with E-state index in [1.54, 1.807) is 0 Å². The van der Waals surface area contributed by atoms with Crippen molar-refractivity contribution < 1.29 is 0 Å². The summed E-state index contributed by atoms with van der Waals surface area (Å²) >= 11 is 12.6. The summed E-state index contributed by atoms with van der Waals surface area (Å²) in [7, 11) is 2.04. The Bertz CT molecular complexity index is 428. The molecule has 1 aromatic carbocycles. The van der Waals surface area contributed by atoms with Gasteiger partial charge in [0.05, 0.1) is 0 Å². The third-order valence-electron chi connectivity index (χ3n) is 4.62. The van der Waals surface area contributed by atoms with Gasteiger partial charge in [-0.15, -0.1) is 0 Å². The molecule has 1 nitrogen and oxygen atoms in total. The molecular weight excluding hydrogens is 265 g/mol. The maximum Gasteiger partial charge on any atom is 0.0453 e. The first-order valence-electron chi connectivity index (χ1n) is 6.71. The lowest BCUT2D eigenvalue weighted by molar-refractivity contribution is 0.255. The number of nitrogens with one attached hydrogen (secondary N) is 1. The van der Waals surface area contributed by atoms with Gasteiger partial charge in [-0.05, 0) is 67.7 Å². The van der Waals surface area contributed by atoms with Crippen LogP contribution in [0.5, 0.6) is 0 Å². The Morgan fingerprint density at radius 1 is 1.22 bits per heavy atom. The fraction of sp³-hybridized carbons (Fsp3) is 0.600. The van der Waals surface area contributed by atoms with Crippen molar-refractivity contribution in [2.75, 3.05) is 13.6 Å². The van der Waals surface area contributed by atoms with E-state index in [-0.39, 0.29) is 0 Å². The molecule has 98 valence electrons. The average Bonchev–Trinajstić information content (AvgIpc) is 2.93. The molecule has 2 aliphatic carbocycles. The molecule has 0 bridgehead atoms. The molecule has 0 heterocycles. The quantitative estimate of drug-likeness (QED) is 0.875. The van der Waals surface area contributed by atoms with Crippen molar-refractivity contribution in [1.82, 2.24) is 5.32 Å². The second kappa shape index (κ2) is 4.70. The zero-order valence-electron chi connectivity index (χ0n) is 10.7. The van der Waals surface area contributed by atoms with Crippen LogP contribution in [0.1, 0.15) is 24.8 Å². The lowest BCUT2D eigenvalue weighted by Gasteiger charge is -2.31. The number of hydrogen-bond donors (Lipinski definition) is 1. The summed E-state index contributed by atoms with van der Waals surface area (Å²) < 4.78 is 0. The van der Waals surface area contributed by atoms with Crippen molar-refractivity contribution in [1.29, 1.82) is 0 Å². The normalized spacial score (nSPS) is 33.5. The molecule has 3 heteroatoms. The van der Waals surface area contributed by atoms with E-state index in [9.17, 15) is 0 Å². The molecule has 2 fully saturated rings. The summed E-state index contributed by atoms with van der Waals surface area (Å²) in [6.45, 7) is 1.07. The van der Waals surface area contributed by atoms with Crippen molar-refractivity contribution in [2.24, 2.45) is 17.3 Å². The molecule has 2 unspecified atom stereocenters. The van der Waals surface area contributed by atoms with Crippen LogP contribution in [-0.2, 0) is 6.42 Å². The van der Waals surface area contributed by atoms with Gasteiger partial charge in [0.15, 0.2) is 0 Å². The largest absolute Gasteiger partial charge is 0.319 e. The smallest absolute Gasteiger partial charge is 0.0453 e. The predicted octanol–water partition coefficient (Wildman–Crippen LogP) is 4.17. The summed E-state index contributed by atoms with van der Waals surface area (Å²) in [5.41, 5.74) is 1.51. The molecule has 18 heavy (non-hydrogen) atoms. The lowest BCUT2D eigenvalue weighted by Crippen LogP contribution is -2.33. The molecule has 1 aromatic rings. The van der Waals surface area contributed by atoms with Crippen molar-refractivity contribution in [2.45, 2.75) is 25.7 Å². The third kappa shape index (κ3) is 2.29. The highest BCUT2D eigenvalue weighted by molar-refractivity contribution is 6.36. The van der Waals surface area contributed by atoms with Gasteiger partial charge in [0.25, 0.3) is 0 Å². The van der Waals surface area contributed by atoms with Gasteiger partial charge >= 0.3 is 0 Å². The number of hydrogen-bond acceptors (Lipinski definition) is 1. The molecule has 0 saturated heterocycles. The van der Waals surface area contributed by atoms with E-state index in [0.717, 1.165) is 40.4 Å². The first-order valence-corrected chi connectivity index (χ1v) is 7.47. The predicted molar refractivity (Wildman–Crippen MR) is 77.4 cm³/mol. The van der Waals surface area contributed by atoms with Gasteiger partial charge in [-0.3, -0.25) is 0 Å². The molecular formula is C15H19Cl2N. The van der Waals surface area contributed by atoms with Gasteiger partial charge in [-0.25, -0.2) is 0 Å². The second-order valence-electron chi connectivity index (χ2n) is 6.07. The average molecular weight is 284 g/mol. The van der Waals surface area contributed by atoms with Crippen LogP contribution < -0.4 is 5.32 Å².